The minimum atomic E-state index is 0.662. The lowest BCUT2D eigenvalue weighted by atomic mass is 9.49. The summed E-state index contributed by atoms with van der Waals surface area (Å²) in [6, 6.07) is 2.28. The Kier molecular flexibility index (Phi) is 3.15. The van der Waals surface area contributed by atoms with Crippen LogP contribution in [-0.2, 0) is 0 Å². The van der Waals surface area contributed by atoms with Crippen molar-refractivity contribution in [1.82, 2.24) is 0 Å². The highest BCUT2D eigenvalue weighted by Gasteiger charge is 2.52. The molecule has 4 fully saturated rings. The van der Waals surface area contributed by atoms with Crippen LogP contribution >= 0.6 is 11.8 Å². The third-order valence-electron chi connectivity index (χ3n) is 5.53. The van der Waals surface area contributed by atoms with E-state index in [1.165, 1.54) is 38.5 Å². The van der Waals surface area contributed by atoms with Gasteiger partial charge >= 0.3 is 0 Å². The van der Waals surface area contributed by atoms with Gasteiger partial charge in [0, 0.05) is 17.4 Å². The summed E-state index contributed by atoms with van der Waals surface area (Å²) >= 11 is 2.07. The maximum Gasteiger partial charge on any atom is 0.0630 e. The fourth-order valence-electron chi connectivity index (χ4n) is 5.13. The lowest BCUT2D eigenvalue weighted by Gasteiger charge is -2.59. The Labute approximate surface area is 109 Å². The zero-order valence-corrected chi connectivity index (χ0v) is 11.6. The number of thioether (sulfide) groups is 1. The van der Waals surface area contributed by atoms with Gasteiger partial charge in [0.1, 0.15) is 0 Å². The largest absolute Gasteiger partial charge is 0.198 e. The summed E-state index contributed by atoms with van der Waals surface area (Å²) in [7, 11) is 0. The third kappa shape index (κ3) is 2.12. The standard InChI is InChI=1S/C15H23NS/c1-11(17-4-2-3-16)15-8-12-5-13(9-15)7-14(6-12)10-15/h11-14H,2,4-10H2,1H3. The highest BCUT2D eigenvalue weighted by molar-refractivity contribution is 7.99. The van der Waals surface area contributed by atoms with Crippen molar-refractivity contribution in [2.45, 2.75) is 57.1 Å². The number of nitriles is 1. The summed E-state index contributed by atoms with van der Waals surface area (Å²) in [5, 5.41) is 9.43. The lowest BCUT2D eigenvalue weighted by molar-refractivity contribution is -0.0510. The average Bonchev–Trinajstić information content (AvgIpc) is 2.27. The van der Waals surface area contributed by atoms with Crippen molar-refractivity contribution >= 4 is 11.8 Å². The second-order valence-corrected chi connectivity index (χ2v) is 8.15. The molecule has 1 atom stereocenters. The molecule has 94 valence electrons. The molecule has 0 heterocycles. The molecule has 0 N–H and O–H groups in total. The van der Waals surface area contributed by atoms with E-state index in [1.54, 1.807) is 0 Å². The van der Waals surface area contributed by atoms with Crippen molar-refractivity contribution in [3.63, 3.8) is 0 Å². The molecule has 4 aliphatic rings. The fourth-order valence-corrected chi connectivity index (χ4v) is 6.34. The van der Waals surface area contributed by atoms with Crippen molar-refractivity contribution in [1.29, 1.82) is 5.26 Å². The van der Waals surface area contributed by atoms with Gasteiger partial charge < -0.3 is 0 Å². The molecule has 0 aromatic carbocycles. The first-order chi connectivity index (χ1) is 8.22. The Hall–Kier alpha value is -0.160. The van der Waals surface area contributed by atoms with Crippen LogP contribution in [0.15, 0.2) is 0 Å². The van der Waals surface area contributed by atoms with Gasteiger partial charge in [0.15, 0.2) is 0 Å². The summed E-state index contributed by atoms with van der Waals surface area (Å²) < 4.78 is 0. The molecule has 1 unspecified atom stereocenters. The van der Waals surface area contributed by atoms with Crippen molar-refractivity contribution in [2.75, 3.05) is 5.75 Å². The Morgan fingerprint density at radius 3 is 2.18 bits per heavy atom. The zero-order chi connectivity index (χ0) is 11.9. The van der Waals surface area contributed by atoms with Crippen molar-refractivity contribution in [2.24, 2.45) is 23.2 Å². The second kappa shape index (κ2) is 4.50. The Morgan fingerprint density at radius 1 is 1.18 bits per heavy atom. The van der Waals surface area contributed by atoms with E-state index in [9.17, 15) is 0 Å². The van der Waals surface area contributed by atoms with E-state index in [0.29, 0.717) is 5.41 Å². The molecule has 0 aromatic rings. The van der Waals surface area contributed by atoms with Gasteiger partial charge in [-0.2, -0.15) is 17.0 Å². The maximum absolute atomic E-state index is 8.65. The van der Waals surface area contributed by atoms with Crippen LogP contribution in [0.3, 0.4) is 0 Å². The van der Waals surface area contributed by atoms with Crippen LogP contribution in [-0.4, -0.2) is 11.0 Å². The number of rotatable bonds is 4. The van der Waals surface area contributed by atoms with E-state index in [4.69, 9.17) is 5.26 Å². The van der Waals surface area contributed by atoms with Crippen LogP contribution in [0.25, 0.3) is 0 Å². The van der Waals surface area contributed by atoms with Gasteiger partial charge in [0.05, 0.1) is 6.07 Å². The molecule has 4 aliphatic carbocycles. The van der Waals surface area contributed by atoms with Gasteiger partial charge in [-0.25, -0.2) is 0 Å². The molecule has 17 heavy (non-hydrogen) atoms. The van der Waals surface area contributed by atoms with Crippen molar-refractivity contribution in [3.8, 4) is 6.07 Å². The smallest absolute Gasteiger partial charge is 0.0630 e. The predicted octanol–water partition coefficient (Wildman–Crippen LogP) is 4.24. The summed E-state index contributed by atoms with van der Waals surface area (Å²) in [4.78, 5) is 0. The zero-order valence-electron chi connectivity index (χ0n) is 10.8. The average molecular weight is 249 g/mol. The quantitative estimate of drug-likeness (QED) is 0.696. The van der Waals surface area contributed by atoms with Gasteiger partial charge in [0.25, 0.3) is 0 Å². The first kappa shape index (κ1) is 11.9. The van der Waals surface area contributed by atoms with Crippen molar-refractivity contribution < 1.29 is 0 Å². The van der Waals surface area contributed by atoms with E-state index < -0.39 is 0 Å². The van der Waals surface area contributed by atoms with Crippen LogP contribution in [0.5, 0.6) is 0 Å². The highest BCUT2D eigenvalue weighted by Crippen LogP contribution is 2.62. The van der Waals surface area contributed by atoms with Gasteiger partial charge in [0.2, 0.25) is 0 Å². The number of hydrogen-bond donors (Lipinski definition) is 0. The van der Waals surface area contributed by atoms with Crippen LogP contribution in [0.2, 0.25) is 0 Å². The molecule has 2 heteroatoms. The normalized spacial score (nSPS) is 44.6. The predicted molar refractivity (Wildman–Crippen MR) is 72.8 cm³/mol. The monoisotopic (exact) mass is 249 g/mol. The summed E-state index contributed by atoms with van der Waals surface area (Å²) in [6.07, 6.45) is 9.83. The van der Waals surface area contributed by atoms with Gasteiger partial charge in [-0.15, -0.1) is 0 Å². The van der Waals surface area contributed by atoms with Crippen LogP contribution in [0, 0.1) is 34.5 Å². The Morgan fingerprint density at radius 2 is 1.71 bits per heavy atom. The molecule has 4 rings (SSSR count). The molecule has 1 nitrogen and oxygen atoms in total. The molecule has 0 saturated heterocycles. The first-order valence-electron chi connectivity index (χ1n) is 7.20. The van der Waals surface area contributed by atoms with E-state index in [-0.39, 0.29) is 0 Å². The summed E-state index contributed by atoms with van der Waals surface area (Å²) in [5.41, 5.74) is 0.662. The summed E-state index contributed by atoms with van der Waals surface area (Å²) in [6.45, 7) is 2.44. The van der Waals surface area contributed by atoms with Gasteiger partial charge in [-0.1, -0.05) is 6.92 Å². The van der Waals surface area contributed by atoms with Crippen LogP contribution in [0.4, 0.5) is 0 Å². The number of hydrogen-bond acceptors (Lipinski definition) is 2. The molecule has 0 spiro atoms. The topological polar surface area (TPSA) is 23.8 Å². The van der Waals surface area contributed by atoms with E-state index in [0.717, 1.165) is 35.2 Å². The van der Waals surface area contributed by atoms with E-state index in [1.807, 2.05) is 0 Å². The van der Waals surface area contributed by atoms with Crippen LogP contribution in [0.1, 0.15) is 51.9 Å². The molecule has 0 aromatic heterocycles. The van der Waals surface area contributed by atoms with Gasteiger partial charge in [-0.05, 0) is 61.7 Å². The first-order valence-corrected chi connectivity index (χ1v) is 8.25. The van der Waals surface area contributed by atoms with E-state index in [2.05, 4.69) is 24.8 Å². The molecule has 4 bridgehead atoms. The van der Waals surface area contributed by atoms with Gasteiger partial charge in [-0.3, -0.25) is 0 Å². The molecule has 4 saturated carbocycles. The third-order valence-corrected chi connectivity index (χ3v) is 6.97. The summed E-state index contributed by atoms with van der Waals surface area (Å²) in [5.74, 6) is 4.21. The fraction of sp³-hybridized carbons (Fsp3) is 0.933. The minimum absolute atomic E-state index is 0.662. The second-order valence-electron chi connectivity index (χ2n) is 6.70. The highest BCUT2D eigenvalue weighted by atomic mass is 32.2. The van der Waals surface area contributed by atoms with Crippen LogP contribution < -0.4 is 0 Å². The van der Waals surface area contributed by atoms with E-state index >= 15 is 0 Å². The minimum Gasteiger partial charge on any atom is -0.198 e. The van der Waals surface area contributed by atoms with Crippen molar-refractivity contribution in [3.05, 3.63) is 0 Å². The number of nitrogens with zero attached hydrogens (tertiary/aromatic N) is 1. The molecule has 0 aliphatic heterocycles. The molecule has 0 radical (unpaired) electrons. The Bertz CT molecular complexity index is 295. The molecular weight excluding hydrogens is 226 g/mol. The lowest BCUT2D eigenvalue weighted by Crippen LogP contribution is -2.50. The Balaban J connectivity index is 1.67. The maximum atomic E-state index is 8.65. The molecule has 0 amide bonds. The SMILES string of the molecule is CC(SCCC#N)C12CC3CC(CC(C3)C1)C2. The molecular formula is C15H23NS.